The molecule has 0 heterocycles. The highest BCUT2D eigenvalue weighted by atomic mass is 16.5. The van der Waals surface area contributed by atoms with Crippen LogP contribution in [0.15, 0.2) is 18.2 Å². The molecular formula is C12H18N3O+. The van der Waals surface area contributed by atoms with E-state index in [1.807, 2.05) is 13.0 Å². The standard InChI is InChI=1S/C12H18N3O/c1-4-15(5-2)11-8-7-10(14-13)9-12(11)16-6-3/h7-9H,4-6H2,1-3H3/q+1. The molecule has 1 aromatic carbocycles. The second-order valence-electron chi connectivity index (χ2n) is 3.36. The molecule has 0 amide bonds. The average Bonchev–Trinajstić information content (AvgIpc) is 2.32. The molecular weight excluding hydrogens is 202 g/mol. The second-order valence-corrected chi connectivity index (χ2v) is 3.36. The Bertz CT molecular complexity index is 380. The van der Waals surface area contributed by atoms with Crippen molar-refractivity contribution in [2.45, 2.75) is 20.8 Å². The molecule has 0 unspecified atom stereocenters. The molecule has 1 rings (SSSR count). The van der Waals surface area contributed by atoms with Gasteiger partial charge in [0.2, 0.25) is 5.39 Å². The Morgan fingerprint density at radius 3 is 2.44 bits per heavy atom. The first-order valence-electron chi connectivity index (χ1n) is 5.63. The zero-order valence-corrected chi connectivity index (χ0v) is 10.1. The van der Waals surface area contributed by atoms with Gasteiger partial charge in [-0.15, -0.1) is 0 Å². The maximum Gasteiger partial charge on any atom is 0.388 e. The SMILES string of the molecule is CCOc1cc([N+]#N)ccc1N(CC)CC. The minimum absolute atomic E-state index is 0.513. The molecule has 86 valence electrons. The molecule has 0 bridgehead atoms. The summed E-state index contributed by atoms with van der Waals surface area (Å²) in [5.74, 6) is 0.765. The Balaban J connectivity index is 3.12. The van der Waals surface area contributed by atoms with Crippen molar-refractivity contribution < 1.29 is 4.74 Å². The van der Waals surface area contributed by atoms with Crippen LogP contribution in [0.3, 0.4) is 0 Å². The van der Waals surface area contributed by atoms with Crippen LogP contribution in [-0.4, -0.2) is 19.7 Å². The number of anilines is 1. The van der Waals surface area contributed by atoms with Gasteiger partial charge in [0, 0.05) is 19.2 Å². The van der Waals surface area contributed by atoms with Gasteiger partial charge in [0.15, 0.2) is 10.7 Å². The highest BCUT2D eigenvalue weighted by Crippen LogP contribution is 2.32. The van der Waals surface area contributed by atoms with Gasteiger partial charge >= 0.3 is 5.69 Å². The first kappa shape index (κ1) is 12.3. The van der Waals surface area contributed by atoms with Crippen molar-refractivity contribution in [1.82, 2.24) is 0 Å². The van der Waals surface area contributed by atoms with Crippen molar-refractivity contribution in [3.05, 3.63) is 23.2 Å². The fourth-order valence-electron chi connectivity index (χ4n) is 1.66. The molecule has 0 saturated heterocycles. The van der Waals surface area contributed by atoms with Crippen molar-refractivity contribution in [2.75, 3.05) is 24.6 Å². The van der Waals surface area contributed by atoms with Gasteiger partial charge in [0.1, 0.15) is 0 Å². The van der Waals surface area contributed by atoms with Crippen molar-refractivity contribution in [2.24, 2.45) is 0 Å². The van der Waals surface area contributed by atoms with Gasteiger partial charge in [0.25, 0.3) is 0 Å². The van der Waals surface area contributed by atoms with Crippen LogP contribution in [0.1, 0.15) is 20.8 Å². The minimum atomic E-state index is 0.513. The zero-order chi connectivity index (χ0) is 12.0. The quantitative estimate of drug-likeness (QED) is 0.714. The molecule has 4 heteroatoms. The summed E-state index contributed by atoms with van der Waals surface area (Å²) >= 11 is 0. The third kappa shape index (κ3) is 2.63. The molecule has 16 heavy (non-hydrogen) atoms. The molecule has 0 spiro atoms. The van der Waals surface area contributed by atoms with Crippen molar-refractivity contribution in [3.8, 4) is 5.75 Å². The number of diazo groups is 1. The Labute approximate surface area is 96.5 Å². The summed E-state index contributed by atoms with van der Waals surface area (Å²) < 4.78 is 5.55. The van der Waals surface area contributed by atoms with Gasteiger partial charge in [-0.2, -0.15) is 0 Å². The lowest BCUT2D eigenvalue weighted by Crippen LogP contribution is -2.22. The Morgan fingerprint density at radius 2 is 1.94 bits per heavy atom. The molecule has 0 atom stereocenters. The van der Waals surface area contributed by atoms with Gasteiger partial charge in [-0.25, -0.2) is 0 Å². The van der Waals surface area contributed by atoms with E-state index in [0.717, 1.165) is 24.5 Å². The predicted molar refractivity (Wildman–Crippen MR) is 65.9 cm³/mol. The topological polar surface area (TPSA) is 40.6 Å². The Morgan fingerprint density at radius 1 is 1.25 bits per heavy atom. The lowest BCUT2D eigenvalue weighted by atomic mass is 10.2. The van der Waals surface area contributed by atoms with E-state index >= 15 is 0 Å². The Kier molecular flexibility index (Phi) is 4.59. The van der Waals surface area contributed by atoms with Gasteiger partial charge in [-0.1, -0.05) is 0 Å². The minimum Gasteiger partial charge on any atom is -0.491 e. The van der Waals surface area contributed by atoms with Crippen LogP contribution in [0.4, 0.5) is 11.4 Å². The molecule has 0 N–H and O–H groups in total. The van der Waals surface area contributed by atoms with E-state index in [1.54, 1.807) is 12.1 Å². The van der Waals surface area contributed by atoms with E-state index in [0.29, 0.717) is 12.3 Å². The van der Waals surface area contributed by atoms with E-state index in [4.69, 9.17) is 10.1 Å². The zero-order valence-electron chi connectivity index (χ0n) is 10.1. The number of rotatable bonds is 5. The number of hydrogen-bond donors (Lipinski definition) is 0. The monoisotopic (exact) mass is 220 g/mol. The molecule has 0 aromatic heterocycles. The number of ether oxygens (including phenoxy) is 1. The summed E-state index contributed by atoms with van der Waals surface area (Å²) in [4.78, 5) is 5.37. The fraction of sp³-hybridized carbons (Fsp3) is 0.500. The average molecular weight is 220 g/mol. The lowest BCUT2D eigenvalue weighted by molar-refractivity contribution is 0.340. The smallest absolute Gasteiger partial charge is 0.388 e. The summed E-state index contributed by atoms with van der Waals surface area (Å²) in [7, 11) is 0. The number of hydrogen-bond acceptors (Lipinski definition) is 3. The molecule has 0 radical (unpaired) electrons. The third-order valence-corrected chi connectivity index (χ3v) is 2.46. The highest BCUT2D eigenvalue weighted by Gasteiger charge is 2.14. The molecule has 4 nitrogen and oxygen atoms in total. The lowest BCUT2D eigenvalue weighted by Gasteiger charge is -2.23. The van der Waals surface area contributed by atoms with Crippen LogP contribution in [0.5, 0.6) is 5.75 Å². The number of benzene rings is 1. The fourth-order valence-corrected chi connectivity index (χ4v) is 1.66. The van der Waals surface area contributed by atoms with Gasteiger partial charge in [-0.05, 0) is 26.8 Å². The van der Waals surface area contributed by atoms with Gasteiger partial charge < -0.3 is 9.64 Å². The van der Waals surface area contributed by atoms with Crippen molar-refractivity contribution in [1.29, 1.82) is 5.39 Å². The largest absolute Gasteiger partial charge is 0.491 e. The molecule has 0 aliphatic heterocycles. The van der Waals surface area contributed by atoms with Crippen LogP contribution < -0.4 is 9.64 Å². The summed E-state index contributed by atoms with van der Waals surface area (Å²) in [5, 5.41) is 8.73. The molecule has 1 aromatic rings. The van der Waals surface area contributed by atoms with Crippen LogP contribution in [0, 0.1) is 5.39 Å². The summed E-state index contributed by atoms with van der Waals surface area (Å²) in [6.07, 6.45) is 0. The summed E-state index contributed by atoms with van der Waals surface area (Å²) in [5.41, 5.74) is 1.55. The first-order valence-corrected chi connectivity index (χ1v) is 5.63. The van der Waals surface area contributed by atoms with E-state index in [2.05, 4.69) is 23.7 Å². The van der Waals surface area contributed by atoms with Gasteiger partial charge in [0.05, 0.1) is 18.4 Å². The van der Waals surface area contributed by atoms with E-state index in [-0.39, 0.29) is 0 Å². The Hall–Kier alpha value is -1.76. The van der Waals surface area contributed by atoms with Crippen molar-refractivity contribution >= 4 is 11.4 Å². The normalized spacial score (nSPS) is 9.62. The maximum absolute atomic E-state index is 8.73. The predicted octanol–water partition coefficient (Wildman–Crippen LogP) is 3.42. The summed E-state index contributed by atoms with van der Waals surface area (Å²) in [6.45, 7) is 8.59. The van der Waals surface area contributed by atoms with Crippen molar-refractivity contribution in [3.63, 3.8) is 0 Å². The van der Waals surface area contributed by atoms with Crippen LogP contribution in [0.25, 0.3) is 4.98 Å². The molecule has 0 fully saturated rings. The van der Waals surface area contributed by atoms with E-state index in [9.17, 15) is 0 Å². The second kappa shape index (κ2) is 5.96. The number of nitrogens with zero attached hydrogens (tertiary/aromatic N) is 3. The van der Waals surface area contributed by atoms with Crippen LogP contribution in [0.2, 0.25) is 0 Å². The van der Waals surface area contributed by atoms with E-state index in [1.165, 1.54) is 0 Å². The molecule has 0 saturated carbocycles. The molecule has 0 aliphatic rings. The maximum atomic E-state index is 8.73. The van der Waals surface area contributed by atoms with Gasteiger partial charge in [-0.3, -0.25) is 0 Å². The highest BCUT2D eigenvalue weighted by molar-refractivity contribution is 5.65. The van der Waals surface area contributed by atoms with Crippen LogP contribution >= 0.6 is 0 Å². The first-order chi connectivity index (χ1) is 7.76. The van der Waals surface area contributed by atoms with Crippen LogP contribution in [-0.2, 0) is 0 Å². The third-order valence-electron chi connectivity index (χ3n) is 2.46. The summed E-state index contributed by atoms with van der Waals surface area (Å²) in [6, 6.07) is 5.44. The molecule has 0 aliphatic carbocycles. The van der Waals surface area contributed by atoms with E-state index < -0.39 is 0 Å².